The highest BCUT2D eigenvalue weighted by molar-refractivity contribution is 7.99. The molecule has 0 spiro atoms. The van der Waals surface area contributed by atoms with Gasteiger partial charge in [-0.1, -0.05) is 11.8 Å². The number of carboxylic acids is 1. The molecule has 13 heteroatoms. The fourth-order valence-electron chi connectivity index (χ4n) is 4.61. The van der Waals surface area contributed by atoms with Crippen molar-refractivity contribution >= 4 is 35.4 Å². The maximum Gasteiger partial charge on any atom is 0.352 e. The number of rotatable bonds is 5. The van der Waals surface area contributed by atoms with Crippen LogP contribution in [0.15, 0.2) is 40.7 Å². The Hall–Kier alpha value is -3.61. The summed E-state index contributed by atoms with van der Waals surface area (Å²) in [6, 6.07) is 4.58. The van der Waals surface area contributed by atoms with Gasteiger partial charge in [0.05, 0.1) is 6.04 Å². The molecule has 2 saturated heterocycles. The Morgan fingerprint density at radius 3 is 2.69 bits per heavy atom. The molecule has 5 rings (SSSR count). The number of hydrogen-bond acceptors (Lipinski definition) is 8. The molecule has 1 aromatic heterocycles. The largest absolute Gasteiger partial charge is 0.508 e. The fraction of sp³-hybridized carbons (Fsp3) is 0.368. The molecule has 0 radical (unpaired) electrons. The second-order valence-corrected chi connectivity index (χ2v) is 8.81. The number of nitrogens with zero attached hydrogens (tertiary/aromatic N) is 6. The highest BCUT2D eigenvalue weighted by Gasteiger charge is 2.64. The predicted molar refractivity (Wildman–Crippen MR) is 111 cm³/mol. The topological polar surface area (TPSA) is 154 Å². The number of likely N-dealkylation sites (tertiary alicyclic amines) is 1. The number of phenolic OH excluding ortho intramolecular Hbond substituents is 1. The third-order valence-electron chi connectivity index (χ3n) is 5.99. The van der Waals surface area contributed by atoms with Crippen molar-refractivity contribution < 1.29 is 24.6 Å². The number of aromatic nitrogens is 4. The van der Waals surface area contributed by atoms with E-state index in [-0.39, 0.29) is 23.4 Å². The molecular formula is C19H19N7O5S. The Morgan fingerprint density at radius 1 is 1.28 bits per heavy atom. The van der Waals surface area contributed by atoms with E-state index in [1.54, 1.807) is 19.2 Å². The summed E-state index contributed by atoms with van der Waals surface area (Å²) >= 11 is 1.30. The normalized spacial score (nSPS) is 23.8. The molecule has 166 valence electrons. The number of β-lactam (4-membered cyclic amide) rings is 1. The van der Waals surface area contributed by atoms with Crippen LogP contribution in [0.5, 0.6) is 5.75 Å². The molecule has 12 nitrogen and oxygen atoms in total. The van der Waals surface area contributed by atoms with Gasteiger partial charge in [0.2, 0.25) is 5.16 Å². The third-order valence-corrected chi connectivity index (χ3v) is 7.08. The van der Waals surface area contributed by atoms with Gasteiger partial charge < -0.3 is 20.4 Å². The first kappa shape index (κ1) is 20.3. The molecule has 0 saturated carbocycles. The summed E-state index contributed by atoms with van der Waals surface area (Å²) in [7, 11) is 1.69. The number of carbonyl (C=O) groups is 3. The molecular weight excluding hydrogens is 438 g/mol. The zero-order valence-electron chi connectivity index (χ0n) is 16.9. The van der Waals surface area contributed by atoms with Gasteiger partial charge in [-0.25, -0.2) is 14.3 Å². The number of urea groups is 1. The second-order valence-electron chi connectivity index (χ2n) is 7.87. The van der Waals surface area contributed by atoms with Gasteiger partial charge in [0.15, 0.2) is 0 Å². The van der Waals surface area contributed by atoms with E-state index < -0.39 is 23.9 Å². The molecule has 32 heavy (non-hydrogen) atoms. The Morgan fingerprint density at radius 2 is 2.03 bits per heavy atom. The number of thioether (sulfide) groups is 1. The van der Waals surface area contributed by atoms with Gasteiger partial charge in [-0.2, -0.15) is 0 Å². The van der Waals surface area contributed by atoms with E-state index in [1.807, 2.05) is 0 Å². The zero-order valence-corrected chi connectivity index (χ0v) is 17.7. The number of benzene rings is 1. The number of phenols is 1. The molecule has 3 aliphatic heterocycles. The summed E-state index contributed by atoms with van der Waals surface area (Å²) < 4.78 is 1.49. The molecule has 0 aliphatic carbocycles. The number of hydrogen-bond donors (Lipinski definition) is 3. The molecule has 3 atom stereocenters. The number of tetrazole rings is 1. The van der Waals surface area contributed by atoms with Gasteiger partial charge in [-0.3, -0.25) is 9.69 Å². The van der Waals surface area contributed by atoms with Crippen LogP contribution < -0.4 is 5.32 Å². The van der Waals surface area contributed by atoms with Crippen LogP contribution in [0.2, 0.25) is 0 Å². The monoisotopic (exact) mass is 457 g/mol. The lowest BCUT2D eigenvalue weighted by molar-refractivity contribution is -0.155. The Balaban J connectivity index is 1.35. The lowest BCUT2D eigenvalue weighted by Crippen LogP contribution is -2.69. The van der Waals surface area contributed by atoms with E-state index in [0.29, 0.717) is 35.1 Å². The first-order chi connectivity index (χ1) is 15.3. The summed E-state index contributed by atoms with van der Waals surface area (Å²) in [6.45, 7) is 0.341. The number of anilines is 1. The van der Waals surface area contributed by atoms with Gasteiger partial charge in [0, 0.05) is 31.0 Å². The summed E-state index contributed by atoms with van der Waals surface area (Å²) in [5.74, 6) is -1.20. The van der Waals surface area contributed by atoms with Gasteiger partial charge in [-0.15, -0.1) is 5.10 Å². The second kappa shape index (κ2) is 7.51. The number of carbonyl (C=O) groups excluding carboxylic acids is 2. The van der Waals surface area contributed by atoms with E-state index >= 15 is 0 Å². The minimum atomic E-state index is -1.16. The maximum atomic E-state index is 12.9. The van der Waals surface area contributed by atoms with Crippen LogP contribution >= 0.6 is 11.8 Å². The van der Waals surface area contributed by atoms with Crippen molar-refractivity contribution in [3.63, 3.8) is 0 Å². The summed E-state index contributed by atoms with van der Waals surface area (Å²) in [5.41, 5.74) is 1.11. The predicted octanol–water partition coefficient (Wildman–Crippen LogP) is 0.494. The SMILES string of the molecule is Cn1nnnc1SCC1=C(C(=O)O)N2C(=O)[C@@H]3[C@H]2[C@H](C1)CN3C(=O)Nc1ccc(O)cc1. The first-order valence-electron chi connectivity index (χ1n) is 9.85. The van der Waals surface area contributed by atoms with Crippen molar-refractivity contribution in [3.8, 4) is 5.75 Å². The van der Waals surface area contributed by atoms with E-state index in [1.165, 1.54) is 38.4 Å². The minimum absolute atomic E-state index is 0.00378. The number of aliphatic carboxylic acids is 1. The lowest BCUT2D eigenvalue weighted by atomic mass is 9.79. The van der Waals surface area contributed by atoms with E-state index in [2.05, 4.69) is 20.8 Å². The van der Waals surface area contributed by atoms with Crippen LogP contribution in [-0.2, 0) is 16.6 Å². The number of nitrogens with one attached hydrogen (secondary N) is 1. The molecule has 4 heterocycles. The molecule has 0 unspecified atom stereocenters. The smallest absolute Gasteiger partial charge is 0.352 e. The Labute approximate surface area is 185 Å². The molecule has 3 amide bonds. The summed E-state index contributed by atoms with van der Waals surface area (Å²) in [4.78, 5) is 40.6. The molecule has 3 N–H and O–H groups in total. The average molecular weight is 457 g/mol. The molecule has 2 fully saturated rings. The fourth-order valence-corrected chi connectivity index (χ4v) is 5.48. The Kier molecular flexibility index (Phi) is 4.77. The van der Waals surface area contributed by atoms with Crippen molar-refractivity contribution in [2.24, 2.45) is 13.0 Å². The maximum absolute atomic E-state index is 12.9. The molecule has 2 aromatic rings. The van der Waals surface area contributed by atoms with Crippen molar-refractivity contribution in [2.75, 3.05) is 17.6 Å². The van der Waals surface area contributed by atoms with Crippen LogP contribution in [0.25, 0.3) is 0 Å². The average Bonchev–Trinajstić information content (AvgIpc) is 3.34. The minimum Gasteiger partial charge on any atom is -0.508 e. The molecule has 1 aromatic carbocycles. The lowest BCUT2D eigenvalue weighted by Gasteiger charge is -2.49. The van der Waals surface area contributed by atoms with Crippen LogP contribution in [0, 0.1) is 5.92 Å². The van der Waals surface area contributed by atoms with Crippen molar-refractivity contribution in [3.05, 3.63) is 35.5 Å². The third kappa shape index (κ3) is 3.16. The number of amides is 3. The number of aromatic hydroxyl groups is 1. The Bertz CT molecular complexity index is 1150. The van der Waals surface area contributed by atoms with Crippen LogP contribution in [0.3, 0.4) is 0 Å². The van der Waals surface area contributed by atoms with Gasteiger partial charge >= 0.3 is 12.0 Å². The van der Waals surface area contributed by atoms with Gasteiger partial charge in [-0.05, 0) is 46.7 Å². The quantitative estimate of drug-likeness (QED) is 0.331. The zero-order chi connectivity index (χ0) is 22.6. The molecule has 3 aliphatic rings. The van der Waals surface area contributed by atoms with E-state index in [9.17, 15) is 24.6 Å². The molecule has 0 bridgehead atoms. The van der Waals surface area contributed by atoms with E-state index in [4.69, 9.17) is 0 Å². The number of aryl methyl sites for hydroxylation is 1. The van der Waals surface area contributed by atoms with Gasteiger partial charge in [0.1, 0.15) is 17.5 Å². The van der Waals surface area contributed by atoms with Crippen molar-refractivity contribution in [1.82, 2.24) is 30.0 Å². The van der Waals surface area contributed by atoms with Crippen molar-refractivity contribution in [1.29, 1.82) is 0 Å². The van der Waals surface area contributed by atoms with Crippen LogP contribution in [-0.4, -0.2) is 82.5 Å². The highest BCUT2D eigenvalue weighted by Crippen LogP contribution is 2.47. The highest BCUT2D eigenvalue weighted by atomic mass is 32.2. The standard InChI is InChI=1S/C19H19N7O5S/c1-24-19(21-22-23-24)32-8-10-6-9-7-25(18(31)20-11-2-4-12(27)5-3-11)15-13(9)26(16(15)28)14(10)17(29)30/h2-5,9,13,15,27H,6-8H2,1H3,(H,20,31)(H,29,30)/t9-,13-,15+/m1/s1. The van der Waals surface area contributed by atoms with Crippen molar-refractivity contribution in [2.45, 2.75) is 23.7 Å². The summed E-state index contributed by atoms with van der Waals surface area (Å²) in [5, 5.41) is 33.7. The first-order valence-corrected chi connectivity index (χ1v) is 10.8. The van der Waals surface area contributed by atoms with Crippen LogP contribution in [0.1, 0.15) is 6.42 Å². The van der Waals surface area contributed by atoms with Gasteiger partial charge in [0.25, 0.3) is 5.91 Å². The number of carboxylic acid groups (broad SMARTS) is 1. The van der Waals surface area contributed by atoms with E-state index in [0.717, 1.165) is 0 Å². The van der Waals surface area contributed by atoms with Crippen LogP contribution in [0.4, 0.5) is 10.5 Å². The summed E-state index contributed by atoms with van der Waals surface area (Å²) in [6.07, 6.45) is 0.466.